The van der Waals surface area contributed by atoms with Crippen LogP contribution in [0.1, 0.15) is 6.92 Å². The molecule has 0 atom stereocenters. The smallest absolute Gasteiger partial charge is 0.406 e. The van der Waals surface area contributed by atoms with Crippen LogP contribution >= 0.6 is 0 Å². The molecule has 1 aromatic carbocycles. The van der Waals surface area contributed by atoms with Gasteiger partial charge in [0.1, 0.15) is 11.6 Å². The summed E-state index contributed by atoms with van der Waals surface area (Å²) in [6.07, 6.45) is -4.68. The number of alkyl halides is 3. The largest absolute Gasteiger partial charge is 0.573 e. The first-order valence-corrected chi connectivity index (χ1v) is 4.28. The highest BCUT2D eigenvalue weighted by Gasteiger charge is 2.30. The molecule has 0 aliphatic carbocycles. The maximum Gasteiger partial charge on any atom is 0.573 e. The summed E-state index contributed by atoms with van der Waals surface area (Å²) in [4.78, 5) is 3.96. The average Bonchev–Trinajstić information content (AvgIpc) is 2.18. The van der Waals surface area contributed by atoms with Crippen molar-refractivity contribution in [2.24, 2.45) is 10.8 Å². The zero-order valence-electron chi connectivity index (χ0n) is 8.38. The number of nitrogens with zero attached hydrogens (tertiary/aromatic N) is 1. The van der Waals surface area contributed by atoms with E-state index in [-0.39, 0.29) is 5.75 Å². The van der Waals surface area contributed by atoms with Gasteiger partial charge in [0.2, 0.25) is 0 Å². The minimum absolute atomic E-state index is 0.287. The second-order valence-corrected chi connectivity index (χ2v) is 2.88. The molecule has 0 amide bonds. The molecule has 7 heteroatoms. The minimum Gasteiger partial charge on any atom is -0.406 e. The number of nitrogens with two attached hydrogens (primary N) is 1. The maximum absolute atomic E-state index is 11.8. The van der Waals surface area contributed by atoms with Crippen LogP contribution in [0.5, 0.6) is 5.75 Å². The van der Waals surface area contributed by atoms with E-state index >= 15 is 0 Å². The summed E-state index contributed by atoms with van der Waals surface area (Å²) in [5.74, 6) is 5.24. The van der Waals surface area contributed by atoms with Gasteiger partial charge in [-0.15, -0.1) is 13.2 Å². The Morgan fingerprint density at radius 3 is 2.31 bits per heavy atom. The highest BCUT2D eigenvalue weighted by atomic mass is 19.4. The number of aliphatic imine (C=N–C) groups is 1. The number of benzene rings is 1. The first-order valence-electron chi connectivity index (χ1n) is 4.28. The van der Waals surface area contributed by atoms with Gasteiger partial charge < -0.3 is 10.2 Å². The van der Waals surface area contributed by atoms with E-state index in [0.717, 1.165) is 0 Å². The predicted octanol–water partition coefficient (Wildman–Crippen LogP) is 2.10. The highest BCUT2D eigenvalue weighted by molar-refractivity contribution is 5.81. The Balaban J connectivity index is 2.76. The zero-order valence-corrected chi connectivity index (χ0v) is 8.38. The lowest BCUT2D eigenvalue weighted by atomic mass is 10.3. The van der Waals surface area contributed by atoms with Crippen LogP contribution in [-0.2, 0) is 0 Å². The van der Waals surface area contributed by atoms with E-state index < -0.39 is 6.36 Å². The molecule has 0 heterocycles. The van der Waals surface area contributed by atoms with Crippen molar-refractivity contribution in [1.82, 2.24) is 5.43 Å². The van der Waals surface area contributed by atoms with Crippen molar-refractivity contribution < 1.29 is 17.9 Å². The number of nitrogens with one attached hydrogen (secondary N) is 1. The van der Waals surface area contributed by atoms with Crippen LogP contribution in [0.15, 0.2) is 29.3 Å². The van der Waals surface area contributed by atoms with E-state index in [4.69, 9.17) is 5.84 Å². The molecule has 1 rings (SSSR count). The minimum atomic E-state index is -4.68. The van der Waals surface area contributed by atoms with Gasteiger partial charge in [-0.05, 0) is 31.2 Å². The normalized spacial score (nSPS) is 12.4. The first-order chi connectivity index (χ1) is 7.40. The second-order valence-electron chi connectivity index (χ2n) is 2.88. The fourth-order valence-electron chi connectivity index (χ4n) is 0.948. The molecule has 3 N–H and O–H groups in total. The Labute approximate surface area is 89.9 Å². The predicted molar refractivity (Wildman–Crippen MR) is 53.2 cm³/mol. The third-order valence-corrected chi connectivity index (χ3v) is 1.58. The Kier molecular flexibility index (Phi) is 3.73. The van der Waals surface area contributed by atoms with Crippen LogP contribution < -0.4 is 16.0 Å². The third kappa shape index (κ3) is 4.18. The van der Waals surface area contributed by atoms with Crippen molar-refractivity contribution >= 4 is 11.5 Å². The molecular formula is C9H10F3N3O. The summed E-state index contributed by atoms with van der Waals surface area (Å²) in [7, 11) is 0. The molecule has 0 aromatic heterocycles. The van der Waals surface area contributed by atoms with Crippen LogP contribution in [0.4, 0.5) is 18.9 Å². The van der Waals surface area contributed by atoms with E-state index in [1.54, 1.807) is 6.92 Å². The standard InChI is InChI=1S/C9H10F3N3O/c1-6(15-13)14-7-2-4-8(5-3-7)16-9(10,11)12/h2-5H,13H2,1H3,(H,14,15). The van der Waals surface area contributed by atoms with Gasteiger partial charge in [0, 0.05) is 0 Å². The van der Waals surface area contributed by atoms with Crippen molar-refractivity contribution in [3.8, 4) is 5.75 Å². The van der Waals surface area contributed by atoms with Crippen LogP contribution in [-0.4, -0.2) is 12.2 Å². The van der Waals surface area contributed by atoms with Crippen molar-refractivity contribution in [3.05, 3.63) is 24.3 Å². The molecule has 0 aliphatic rings. The number of amidine groups is 1. The van der Waals surface area contributed by atoms with Gasteiger partial charge in [0.15, 0.2) is 0 Å². The molecule has 0 spiro atoms. The van der Waals surface area contributed by atoms with Gasteiger partial charge in [-0.3, -0.25) is 0 Å². The Morgan fingerprint density at radius 2 is 1.88 bits per heavy atom. The van der Waals surface area contributed by atoms with Crippen LogP contribution in [0.3, 0.4) is 0 Å². The lowest BCUT2D eigenvalue weighted by Gasteiger charge is -2.08. The molecular weight excluding hydrogens is 223 g/mol. The Hall–Kier alpha value is -1.76. The third-order valence-electron chi connectivity index (χ3n) is 1.58. The van der Waals surface area contributed by atoms with Crippen molar-refractivity contribution in [2.75, 3.05) is 0 Å². The quantitative estimate of drug-likeness (QED) is 0.356. The van der Waals surface area contributed by atoms with Crippen LogP contribution in [0, 0.1) is 0 Å². The summed E-state index contributed by atoms with van der Waals surface area (Å²) in [6, 6.07) is 5.13. The molecule has 1 aromatic rings. The van der Waals surface area contributed by atoms with Gasteiger partial charge in [-0.1, -0.05) is 0 Å². The van der Waals surface area contributed by atoms with Crippen molar-refractivity contribution in [1.29, 1.82) is 0 Å². The molecule has 0 saturated heterocycles. The van der Waals surface area contributed by atoms with Gasteiger partial charge >= 0.3 is 6.36 Å². The van der Waals surface area contributed by atoms with Gasteiger partial charge in [0.25, 0.3) is 0 Å². The zero-order chi connectivity index (χ0) is 12.2. The topological polar surface area (TPSA) is 59.6 Å². The first kappa shape index (κ1) is 12.3. The van der Waals surface area contributed by atoms with Crippen molar-refractivity contribution in [3.63, 3.8) is 0 Å². The van der Waals surface area contributed by atoms with Crippen LogP contribution in [0.2, 0.25) is 0 Å². The molecule has 0 radical (unpaired) electrons. The molecule has 88 valence electrons. The lowest BCUT2D eigenvalue weighted by Crippen LogP contribution is -2.27. The van der Waals surface area contributed by atoms with Gasteiger partial charge in [-0.25, -0.2) is 10.8 Å². The van der Waals surface area contributed by atoms with E-state index in [1.165, 1.54) is 24.3 Å². The number of ether oxygens (including phenoxy) is 1. The van der Waals surface area contributed by atoms with E-state index in [0.29, 0.717) is 11.5 Å². The average molecular weight is 233 g/mol. The highest BCUT2D eigenvalue weighted by Crippen LogP contribution is 2.24. The monoisotopic (exact) mass is 233 g/mol. The molecule has 16 heavy (non-hydrogen) atoms. The number of hydrazine groups is 1. The molecule has 0 fully saturated rings. The van der Waals surface area contributed by atoms with E-state index in [2.05, 4.69) is 15.2 Å². The summed E-state index contributed by atoms with van der Waals surface area (Å²) in [5, 5.41) is 0. The molecule has 4 nitrogen and oxygen atoms in total. The lowest BCUT2D eigenvalue weighted by molar-refractivity contribution is -0.274. The molecule has 0 saturated carbocycles. The summed E-state index contributed by atoms with van der Waals surface area (Å²) < 4.78 is 39.2. The fraction of sp³-hybridized carbons (Fsp3) is 0.222. The van der Waals surface area contributed by atoms with Gasteiger partial charge in [-0.2, -0.15) is 0 Å². The molecule has 0 unspecified atom stereocenters. The SMILES string of the molecule is CC(=Nc1ccc(OC(F)(F)F)cc1)NN. The maximum atomic E-state index is 11.8. The summed E-state index contributed by atoms with van der Waals surface area (Å²) in [6.45, 7) is 1.63. The Bertz CT molecular complexity index is 373. The van der Waals surface area contributed by atoms with Crippen molar-refractivity contribution in [2.45, 2.75) is 13.3 Å². The number of rotatable bonds is 2. The molecule has 0 bridgehead atoms. The second kappa shape index (κ2) is 4.84. The summed E-state index contributed by atoms with van der Waals surface area (Å²) >= 11 is 0. The van der Waals surface area contributed by atoms with E-state index in [9.17, 15) is 13.2 Å². The number of halogens is 3. The Morgan fingerprint density at radius 1 is 1.31 bits per heavy atom. The van der Waals surface area contributed by atoms with Gasteiger partial charge in [0.05, 0.1) is 5.69 Å². The number of hydrogen-bond donors (Lipinski definition) is 2. The number of hydrogen-bond acceptors (Lipinski definition) is 3. The van der Waals surface area contributed by atoms with Crippen LogP contribution in [0.25, 0.3) is 0 Å². The molecule has 0 aliphatic heterocycles. The summed E-state index contributed by atoms with van der Waals surface area (Å²) in [5.41, 5.74) is 2.78. The van der Waals surface area contributed by atoms with E-state index in [1.807, 2.05) is 0 Å². The fourth-order valence-corrected chi connectivity index (χ4v) is 0.948.